The Morgan fingerprint density at radius 3 is 2.67 bits per heavy atom. The minimum Gasteiger partial charge on any atom is -0.481 e. The Kier molecular flexibility index (Phi) is 9.41. The van der Waals surface area contributed by atoms with Gasteiger partial charge in [-0.1, -0.05) is 23.4 Å². The highest BCUT2D eigenvalue weighted by Gasteiger charge is 2.34. The molecule has 0 saturated carbocycles. The third-order valence-corrected chi connectivity index (χ3v) is 8.24. The van der Waals surface area contributed by atoms with Gasteiger partial charge in [0.25, 0.3) is 0 Å². The van der Waals surface area contributed by atoms with Crippen molar-refractivity contribution in [1.29, 1.82) is 0 Å². The molecule has 0 bridgehead atoms. The molecular formula is C28H37N9O5. The number of amides is 3. The fraction of sp³-hybridized carbons (Fsp3) is 0.536. The SMILES string of the molecule is O=C(O)C[C@H](NC(=O)CN1CCC(CCC2CCNCC2)C1=O)C(=O)NC(Cc1c[nH]c2ccccc12)c1nn[nH]n1. The van der Waals surface area contributed by atoms with E-state index in [1.807, 2.05) is 30.5 Å². The molecule has 4 heterocycles. The molecular weight excluding hydrogens is 542 g/mol. The van der Waals surface area contributed by atoms with Gasteiger partial charge in [-0.05, 0) is 62.7 Å². The molecule has 224 valence electrons. The second kappa shape index (κ2) is 13.6. The number of carboxylic acid groups (broad SMARTS) is 1. The van der Waals surface area contributed by atoms with E-state index in [-0.39, 0.29) is 24.2 Å². The smallest absolute Gasteiger partial charge is 0.305 e. The van der Waals surface area contributed by atoms with Crippen LogP contribution in [0.1, 0.15) is 56.0 Å². The number of fused-ring (bicyclic) bond motifs is 1. The predicted molar refractivity (Wildman–Crippen MR) is 151 cm³/mol. The number of likely N-dealkylation sites (tertiary alicyclic amines) is 1. The van der Waals surface area contributed by atoms with Gasteiger partial charge in [0.15, 0.2) is 5.82 Å². The minimum atomic E-state index is -1.36. The van der Waals surface area contributed by atoms with E-state index in [1.54, 1.807) is 0 Å². The highest BCUT2D eigenvalue weighted by atomic mass is 16.4. The van der Waals surface area contributed by atoms with Crippen molar-refractivity contribution < 1.29 is 24.3 Å². The van der Waals surface area contributed by atoms with Crippen LogP contribution < -0.4 is 16.0 Å². The average molecular weight is 580 g/mol. The number of aromatic nitrogens is 5. The number of hydrogen-bond donors (Lipinski definition) is 6. The molecule has 2 aliphatic rings. The summed E-state index contributed by atoms with van der Waals surface area (Å²) in [5.41, 5.74) is 1.81. The number of tetrazole rings is 1. The number of rotatable bonds is 13. The van der Waals surface area contributed by atoms with Gasteiger partial charge in [-0.2, -0.15) is 5.21 Å². The van der Waals surface area contributed by atoms with Gasteiger partial charge < -0.3 is 30.9 Å². The van der Waals surface area contributed by atoms with Crippen molar-refractivity contribution in [3.8, 4) is 0 Å². The summed E-state index contributed by atoms with van der Waals surface area (Å²) >= 11 is 0. The molecule has 2 aromatic heterocycles. The molecule has 0 radical (unpaired) electrons. The lowest BCUT2D eigenvalue weighted by atomic mass is 9.89. The number of benzene rings is 1. The third-order valence-electron chi connectivity index (χ3n) is 8.24. The fourth-order valence-corrected chi connectivity index (χ4v) is 5.95. The van der Waals surface area contributed by atoms with Crippen LogP contribution in [0.5, 0.6) is 0 Å². The highest BCUT2D eigenvalue weighted by Crippen LogP contribution is 2.27. The van der Waals surface area contributed by atoms with E-state index < -0.39 is 36.3 Å². The summed E-state index contributed by atoms with van der Waals surface area (Å²) in [6.45, 7) is 2.26. The second-order valence-electron chi connectivity index (χ2n) is 11.1. The van der Waals surface area contributed by atoms with Crippen molar-refractivity contribution in [2.45, 2.75) is 57.0 Å². The van der Waals surface area contributed by atoms with E-state index in [9.17, 15) is 24.3 Å². The first-order valence-corrected chi connectivity index (χ1v) is 14.5. The van der Waals surface area contributed by atoms with Crippen molar-refractivity contribution in [2.75, 3.05) is 26.2 Å². The number of piperidine rings is 1. The quantitative estimate of drug-likeness (QED) is 0.168. The molecule has 2 saturated heterocycles. The van der Waals surface area contributed by atoms with Gasteiger partial charge in [-0.25, -0.2) is 0 Å². The van der Waals surface area contributed by atoms with Crippen molar-refractivity contribution in [3.63, 3.8) is 0 Å². The molecule has 1 aromatic carbocycles. The maximum Gasteiger partial charge on any atom is 0.305 e. The molecule has 3 amide bonds. The van der Waals surface area contributed by atoms with Gasteiger partial charge in [0, 0.05) is 36.0 Å². The molecule has 0 aliphatic carbocycles. The van der Waals surface area contributed by atoms with Crippen molar-refractivity contribution in [1.82, 2.24) is 46.5 Å². The lowest BCUT2D eigenvalue weighted by Crippen LogP contribution is -2.51. The summed E-state index contributed by atoms with van der Waals surface area (Å²) < 4.78 is 0. The molecule has 2 fully saturated rings. The molecule has 5 rings (SSSR count). The lowest BCUT2D eigenvalue weighted by Gasteiger charge is -2.24. The van der Waals surface area contributed by atoms with Crippen LogP contribution in [0, 0.1) is 11.8 Å². The van der Waals surface area contributed by atoms with Crippen LogP contribution in [0.15, 0.2) is 30.5 Å². The number of carbonyl (C=O) groups is 4. The van der Waals surface area contributed by atoms with Gasteiger partial charge in [0.1, 0.15) is 6.04 Å². The Hall–Kier alpha value is -4.33. The number of para-hydroxylation sites is 1. The zero-order valence-corrected chi connectivity index (χ0v) is 23.3. The number of carboxylic acids is 1. The zero-order chi connectivity index (χ0) is 29.5. The normalized spacial score (nSPS) is 19.1. The van der Waals surface area contributed by atoms with Crippen molar-refractivity contribution >= 4 is 34.6 Å². The number of carbonyl (C=O) groups excluding carboxylic acids is 3. The summed E-state index contributed by atoms with van der Waals surface area (Å²) in [7, 11) is 0. The predicted octanol–water partition coefficient (Wildman–Crippen LogP) is 0.669. The van der Waals surface area contributed by atoms with E-state index in [0.29, 0.717) is 25.3 Å². The first-order valence-electron chi connectivity index (χ1n) is 14.5. The van der Waals surface area contributed by atoms with Gasteiger partial charge in [0.2, 0.25) is 17.7 Å². The number of aliphatic carboxylic acids is 1. The number of nitrogens with one attached hydrogen (secondary N) is 5. The first-order chi connectivity index (χ1) is 20.4. The van der Waals surface area contributed by atoms with Crippen molar-refractivity contribution in [3.05, 3.63) is 41.9 Å². The molecule has 6 N–H and O–H groups in total. The number of hydrogen-bond acceptors (Lipinski definition) is 8. The van der Waals surface area contributed by atoms with E-state index in [0.717, 1.165) is 55.2 Å². The lowest BCUT2D eigenvalue weighted by molar-refractivity contribution is -0.141. The average Bonchev–Trinajstić information content (AvgIpc) is 3.73. The van der Waals surface area contributed by atoms with Crippen LogP contribution in [0.2, 0.25) is 0 Å². The van der Waals surface area contributed by atoms with Gasteiger partial charge in [-0.15, -0.1) is 10.2 Å². The Balaban J connectivity index is 1.19. The van der Waals surface area contributed by atoms with Crippen LogP contribution in [0.3, 0.4) is 0 Å². The molecule has 2 unspecified atom stereocenters. The maximum atomic E-state index is 13.3. The molecule has 3 aromatic rings. The Labute approximate surface area is 242 Å². The van der Waals surface area contributed by atoms with Crippen LogP contribution in [0.25, 0.3) is 10.9 Å². The fourth-order valence-electron chi connectivity index (χ4n) is 5.95. The van der Waals surface area contributed by atoms with Crippen LogP contribution in [-0.2, 0) is 25.6 Å². The molecule has 42 heavy (non-hydrogen) atoms. The first kappa shape index (κ1) is 29.2. The van der Waals surface area contributed by atoms with Crippen LogP contribution in [-0.4, -0.2) is 91.5 Å². The molecule has 0 spiro atoms. The summed E-state index contributed by atoms with van der Waals surface area (Å²) in [6, 6.07) is 5.58. The Bertz CT molecular complexity index is 1390. The van der Waals surface area contributed by atoms with Gasteiger partial charge in [0.05, 0.1) is 19.0 Å². The molecule has 2 aliphatic heterocycles. The van der Waals surface area contributed by atoms with Crippen molar-refractivity contribution in [2.24, 2.45) is 11.8 Å². The summed E-state index contributed by atoms with van der Waals surface area (Å²) in [4.78, 5) is 55.5. The summed E-state index contributed by atoms with van der Waals surface area (Å²) in [6.07, 6.45) is 6.23. The van der Waals surface area contributed by atoms with E-state index >= 15 is 0 Å². The Morgan fingerprint density at radius 2 is 1.90 bits per heavy atom. The third kappa shape index (κ3) is 7.29. The van der Waals surface area contributed by atoms with E-state index in [1.165, 1.54) is 4.90 Å². The standard InChI is InChI=1S/C28H37N9O5/c38-24(16-37-12-9-18(28(37)42)6-5-17-7-10-29-11-8-17)31-23(14-25(39)40)27(41)32-22(26-33-35-36-34-26)13-19-15-30-21-4-2-1-3-20(19)21/h1-4,15,17-18,22-23,29-30H,5-14,16H2,(H,31,38)(H,32,41)(H,39,40)(H,33,34,35,36)/t18?,22?,23-/m0/s1. The van der Waals surface area contributed by atoms with Crippen LogP contribution >= 0.6 is 0 Å². The topological polar surface area (TPSA) is 198 Å². The number of nitrogens with zero attached hydrogens (tertiary/aromatic N) is 4. The maximum absolute atomic E-state index is 13.3. The number of aromatic amines is 2. The highest BCUT2D eigenvalue weighted by molar-refractivity contribution is 5.93. The largest absolute Gasteiger partial charge is 0.481 e. The molecule has 14 heteroatoms. The summed E-state index contributed by atoms with van der Waals surface area (Å²) in [5.74, 6) is -1.87. The summed E-state index contributed by atoms with van der Waals surface area (Å²) in [5, 5.41) is 33.1. The molecule has 14 nitrogen and oxygen atoms in total. The van der Waals surface area contributed by atoms with E-state index in [4.69, 9.17) is 0 Å². The monoisotopic (exact) mass is 579 g/mol. The Morgan fingerprint density at radius 1 is 1.10 bits per heavy atom. The molecule has 3 atom stereocenters. The second-order valence-corrected chi connectivity index (χ2v) is 11.1. The van der Waals surface area contributed by atoms with Gasteiger partial charge in [-0.3, -0.25) is 19.2 Å². The van der Waals surface area contributed by atoms with Gasteiger partial charge >= 0.3 is 5.97 Å². The zero-order valence-electron chi connectivity index (χ0n) is 23.3. The van der Waals surface area contributed by atoms with E-state index in [2.05, 4.69) is 41.6 Å². The number of H-pyrrole nitrogens is 2. The van der Waals surface area contributed by atoms with Crippen LogP contribution in [0.4, 0.5) is 0 Å². The minimum absolute atomic E-state index is 0.0609.